The van der Waals surface area contributed by atoms with Crippen molar-refractivity contribution in [3.63, 3.8) is 0 Å². The smallest absolute Gasteiger partial charge is 0.408 e. The lowest BCUT2D eigenvalue weighted by Gasteiger charge is -2.23. The summed E-state index contributed by atoms with van der Waals surface area (Å²) in [5.41, 5.74) is 6.60. The largest absolute Gasteiger partial charge is 0.444 e. The van der Waals surface area contributed by atoms with Gasteiger partial charge in [0, 0.05) is 19.2 Å². The van der Waals surface area contributed by atoms with Crippen LogP contribution >= 0.6 is 0 Å². The van der Waals surface area contributed by atoms with Gasteiger partial charge in [0.1, 0.15) is 5.60 Å². The third-order valence-electron chi connectivity index (χ3n) is 2.54. The summed E-state index contributed by atoms with van der Waals surface area (Å²) < 4.78 is 5.21. The predicted octanol–water partition coefficient (Wildman–Crippen LogP) is 2.17. The van der Waals surface area contributed by atoms with Gasteiger partial charge in [-0.25, -0.2) is 4.79 Å². The summed E-state index contributed by atoms with van der Waals surface area (Å²) in [5.74, 6) is -0.156. The second-order valence-corrected chi connectivity index (χ2v) is 5.74. The molecule has 0 aliphatic carbocycles. The molecule has 21 heavy (non-hydrogen) atoms. The Morgan fingerprint density at radius 1 is 1.33 bits per heavy atom. The number of ether oxygens (including phenoxy) is 1. The zero-order valence-corrected chi connectivity index (χ0v) is 12.9. The van der Waals surface area contributed by atoms with Crippen LogP contribution in [0.4, 0.5) is 10.5 Å². The molecule has 4 N–H and O–H groups in total. The second-order valence-electron chi connectivity index (χ2n) is 5.74. The molecule has 6 nitrogen and oxygen atoms in total. The number of amides is 2. The van der Waals surface area contributed by atoms with Crippen LogP contribution < -0.4 is 16.4 Å². The summed E-state index contributed by atoms with van der Waals surface area (Å²) in [7, 11) is 0. The topological polar surface area (TPSA) is 93.5 Å². The van der Waals surface area contributed by atoms with Crippen LogP contribution in [0.2, 0.25) is 0 Å². The highest BCUT2D eigenvalue weighted by Gasteiger charge is 2.19. The molecule has 0 bridgehead atoms. The fourth-order valence-corrected chi connectivity index (χ4v) is 1.76. The molecule has 1 aromatic carbocycles. The van der Waals surface area contributed by atoms with Crippen LogP contribution in [0.3, 0.4) is 0 Å². The predicted molar refractivity (Wildman–Crippen MR) is 81.9 cm³/mol. The van der Waals surface area contributed by atoms with E-state index in [1.54, 1.807) is 39.0 Å². The average Bonchev–Trinajstić information content (AvgIpc) is 2.33. The van der Waals surface area contributed by atoms with E-state index in [1.807, 2.05) is 6.07 Å². The van der Waals surface area contributed by atoms with E-state index in [4.69, 9.17) is 10.5 Å². The molecule has 0 saturated carbocycles. The monoisotopic (exact) mass is 293 g/mol. The number of nitrogens with two attached hydrogens (primary N) is 1. The minimum absolute atomic E-state index is 0.156. The van der Waals surface area contributed by atoms with Crippen molar-refractivity contribution in [2.45, 2.75) is 39.3 Å². The molecule has 0 spiro atoms. The molecule has 0 saturated heterocycles. The van der Waals surface area contributed by atoms with Crippen molar-refractivity contribution in [2.75, 3.05) is 11.9 Å². The van der Waals surface area contributed by atoms with Crippen LogP contribution in [0.25, 0.3) is 0 Å². The molecule has 0 aromatic heterocycles. The van der Waals surface area contributed by atoms with E-state index in [1.165, 1.54) is 6.92 Å². The Labute approximate surface area is 125 Å². The van der Waals surface area contributed by atoms with Crippen LogP contribution in [0, 0.1) is 0 Å². The van der Waals surface area contributed by atoms with E-state index in [2.05, 4.69) is 10.6 Å². The van der Waals surface area contributed by atoms with Crippen molar-refractivity contribution >= 4 is 17.7 Å². The van der Waals surface area contributed by atoms with Crippen molar-refractivity contribution in [2.24, 2.45) is 5.73 Å². The molecule has 0 aliphatic heterocycles. The zero-order valence-electron chi connectivity index (χ0n) is 12.9. The summed E-state index contributed by atoms with van der Waals surface area (Å²) in [4.78, 5) is 22.9. The van der Waals surface area contributed by atoms with Gasteiger partial charge in [0.15, 0.2) is 0 Å². The van der Waals surface area contributed by atoms with E-state index in [0.29, 0.717) is 5.69 Å². The molecular weight excluding hydrogens is 270 g/mol. The molecular formula is C15H23N3O3. The highest BCUT2D eigenvalue weighted by atomic mass is 16.6. The molecule has 2 amide bonds. The van der Waals surface area contributed by atoms with Crippen LogP contribution in [-0.2, 0) is 9.53 Å². The van der Waals surface area contributed by atoms with Crippen molar-refractivity contribution in [3.8, 4) is 0 Å². The lowest BCUT2D eigenvalue weighted by atomic mass is 10.1. The van der Waals surface area contributed by atoms with E-state index in [0.717, 1.165) is 5.56 Å². The van der Waals surface area contributed by atoms with Gasteiger partial charge in [-0.2, -0.15) is 0 Å². The zero-order chi connectivity index (χ0) is 16.0. The molecule has 1 unspecified atom stereocenters. The molecule has 1 atom stereocenters. The molecule has 116 valence electrons. The normalized spacial score (nSPS) is 12.4. The lowest BCUT2D eigenvalue weighted by molar-refractivity contribution is -0.114. The third-order valence-corrected chi connectivity index (χ3v) is 2.54. The molecule has 1 rings (SSSR count). The number of benzene rings is 1. The highest BCUT2D eigenvalue weighted by Crippen LogP contribution is 2.18. The van der Waals surface area contributed by atoms with Crippen molar-refractivity contribution in [1.29, 1.82) is 0 Å². The number of rotatable bonds is 4. The van der Waals surface area contributed by atoms with Crippen LogP contribution in [0.5, 0.6) is 0 Å². The SMILES string of the molecule is CC(=O)Nc1cccc(C(CN)NC(=O)OC(C)(C)C)c1. The fourth-order valence-electron chi connectivity index (χ4n) is 1.76. The van der Waals surface area contributed by atoms with Crippen molar-refractivity contribution in [1.82, 2.24) is 5.32 Å². The summed E-state index contributed by atoms with van der Waals surface area (Å²) >= 11 is 0. The Morgan fingerprint density at radius 3 is 2.52 bits per heavy atom. The first-order chi connectivity index (χ1) is 9.71. The first-order valence-corrected chi connectivity index (χ1v) is 6.78. The molecule has 0 heterocycles. The van der Waals surface area contributed by atoms with E-state index >= 15 is 0 Å². The van der Waals surface area contributed by atoms with Gasteiger partial charge in [-0.05, 0) is 38.5 Å². The maximum absolute atomic E-state index is 11.8. The number of carbonyl (C=O) groups excluding carboxylic acids is 2. The number of nitrogens with one attached hydrogen (secondary N) is 2. The Balaban J connectivity index is 2.80. The van der Waals surface area contributed by atoms with Gasteiger partial charge in [-0.15, -0.1) is 0 Å². The van der Waals surface area contributed by atoms with Gasteiger partial charge >= 0.3 is 6.09 Å². The van der Waals surface area contributed by atoms with E-state index < -0.39 is 11.7 Å². The number of hydrogen-bond acceptors (Lipinski definition) is 4. The summed E-state index contributed by atoms with van der Waals surface area (Å²) in [6.07, 6.45) is -0.525. The maximum atomic E-state index is 11.8. The highest BCUT2D eigenvalue weighted by molar-refractivity contribution is 5.88. The van der Waals surface area contributed by atoms with E-state index in [9.17, 15) is 9.59 Å². The summed E-state index contributed by atoms with van der Waals surface area (Å²) in [6.45, 7) is 7.04. The van der Waals surface area contributed by atoms with Crippen molar-refractivity contribution < 1.29 is 14.3 Å². The van der Waals surface area contributed by atoms with Crippen molar-refractivity contribution in [3.05, 3.63) is 29.8 Å². The Kier molecular flexibility index (Phi) is 5.72. The minimum atomic E-state index is -0.568. The van der Waals surface area contributed by atoms with Crippen LogP contribution in [0.1, 0.15) is 39.3 Å². The first-order valence-electron chi connectivity index (χ1n) is 6.78. The van der Waals surface area contributed by atoms with Gasteiger partial charge in [0.05, 0.1) is 6.04 Å². The summed E-state index contributed by atoms with van der Waals surface area (Å²) in [6, 6.07) is 6.79. The standard InChI is InChI=1S/C15H23N3O3/c1-10(19)17-12-7-5-6-11(8-12)13(9-16)18-14(20)21-15(2,3)4/h5-8,13H,9,16H2,1-4H3,(H,17,19)(H,18,20). The van der Waals surface area contributed by atoms with Gasteiger partial charge in [0.2, 0.25) is 5.91 Å². The van der Waals surface area contributed by atoms with E-state index in [-0.39, 0.29) is 18.5 Å². The fraction of sp³-hybridized carbons (Fsp3) is 0.467. The molecule has 0 fully saturated rings. The first kappa shape index (κ1) is 17.0. The average molecular weight is 293 g/mol. The third kappa shape index (κ3) is 6.27. The number of hydrogen-bond donors (Lipinski definition) is 3. The quantitative estimate of drug-likeness (QED) is 0.793. The Hall–Kier alpha value is -2.08. The van der Waals surface area contributed by atoms with Crippen LogP contribution in [-0.4, -0.2) is 24.1 Å². The van der Waals surface area contributed by atoms with Gasteiger partial charge in [-0.3, -0.25) is 4.79 Å². The van der Waals surface area contributed by atoms with Gasteiger partial charge in [0.25, 0.3) is 0 Å². The number of carbonyl (C=O) groups is 2. The summed E-state index contributed by atoms with van der Waals surface area (Å²) in [5, 5.41) is 5.41. The molecule has 1 aromatic rings. The van der Waals surface area contributed by atoms with Gasteiger partial charge in [-0.1, -0.05) is 12.1 Å². The number of anilines is 1. The molecule has 0 radical (unpaired) electrons. The molecule has 6 heteroatoms. The van der Waals surface area contributed by atoms with Gasteiger partial charge < -0.3 is 21.1 Å². The second kappa shape index (κ2) is 7.08. The maximum Gasteiger partial charge on any atom is 0.408 e. The van der Waals surface area contributed by atoms with Crippen LogP contribution in [0.15, 0.2) is 24.3 Å². The number of alkyl carbamates (subject to hydrolysis) is 1. The Bertz CT molecular complexity index is 509. The minimum Gasteiger partial charge on any atom is -0.444 e. The molecule has 0 aliphatic rings. The Morgan fingerprint density at radius 2 is 2.00 bits per heavy atom. The lowest BCUT2D eigenvalue weighted by Crippen LogP contribution is -2.37.